The largest absolute Gasteiger partial charge is 0.497 e. The molecule has 2 aliphatic heterocycles. The van der Waals surface area contributed by atoms with Crippen LogP contribution in [0.15, 0.2) is 53.6 Å². The van der Waals surface area contributed by atoms with E-state index >= 15 is 0 Å². The lowest BCUT2D eigenvalue weighted by Crippen LogP contribution is -2.49. The van der Waals surface area contributed by atoms with Crippen molar-refractivity contribution in [1.29, 1.82) is 0 Å². The van der Waals surface area contributed by atoms with Crippen LogP contribution in [0.25, 0.3) is 0 Å². The summed E-state index contributed by atoms with van der Waals surface area (Å²) >= 11 is 11.5. The van der Waals surface area contributed by atoms with E-state index in [1.807, 2.05) is 17.0 Å². The molecule has 32 heavy (non-hydrogen) atoms. The van der Waals surface area contributed by atoms with Crippen LogP contribution < -0.4 is 15.6 Å². The number of likely N-dealkylation sites (tertiary alicyclic amines) is 1. The van der Waals surface area contributed by atoms with Gasteiger partial charge in [0, 0.05) is 29.1 Å². The van der Waals surface area contributed by atoms with Gasteiger partial charge in [-0.05, 0) is 49.0 Å². The molecule has 0 aromatic heterocycles. The highest BCUT2D eigenvalue weighted by atomic mass is 35.5. The lowest BCUT2D eigenvalue weighted by molar-refractivity contribution is -0.128. The van der Waals surface area contributed by atoms with E-state index in [2.05, 4.69) is 16.0 Å². The third-order valence-corrected chi connectivity index (χ3v) is 5.93. The van der Waals surface area contributed by atoms with Crippen molar-refractivity contribution in [3.05, 3.63) is 64.7 Å². The Morgan fingerprint density at radius 1 is 1.22 bits per heavy atom. The van der Waals surface area contributed by atoms with Gasteiger partial charge in [-0.1, -0.05) is 29.8 Å². The normalized spacial score (nSPS) is 17.9. The fourth-order valence-electron chi connectivity index (χ4n) is 3.74. The number of halogens is 1. The van der Waals surface area contributed by atoms with Crippen LogP contribution in [0.3, 0.4) is 0 Å². The van der Waals surface area contributed by atoms with Gasteiger partial charge in [-0.15, -0.1) is 0 Å². The van der Waals surface area contributed by atoms with E-state index in [1.165, 1.54) is 7.11 Å². The highest BCUT2D eigenvalue weighted by molar-refractivity contribution is 7.80. The fraction of sp³-hybridized carbons (Fsp3) is 0.273. The van der Waals surface area contributed by atoms with E-state index in [0.717, 1.165) is 17.7 Å². The van der Waals surface area contributed by atoms with Crippen LogP contribution in [-0.4, -0.2) is 58.8 Å². The molecule has 1 unspecified atom stereocenters. The number of methoxy groups -OCH3 is 1. The molecule has 1 fully saturated rings. The fourth-order valence-corrected chi connectivity index (χ4v) is 4.04. The van der Waals surface area contributed by atoms with Crippen molar-refractivity contribution in [3.8, 4) is 5.75 Å². The number of amides is 2. The average molecular weight is 472 g/mol. The molecule has 1 saturated heterocycles. The summed E-state index contributed by atoms with van der Waals surface area (Å²) in [6.45, 7) is 1.07. The SMILES string of the molecule is COc1cccc(C(=O)NNC(=S)N2CC(N3CCCC3=O)C(c3ccc(Cl)cc3)=N2)c1. The van der Waals surface area contributed by atoms with Gasteiger partial charge in [0.15, 0.2) is 0 Å². The lowest BCUT2D eigenvalue weighted by atomic mass is 10.0. The highest BCUT2D eigenvalue weighted by Gasteiger charge is 2.38. The second kappa shape index (κ2) is 9.54. The molecule has 2 amide bonds. The zero-order valence-corrected chi connectivity index (χ0v) is 18.9. The summed E-state index contributed by atoms with van der Waals surface area (Å²) in [5, 5.41) is 7.09. The molecule has 4 rings (SSSR count). The first-order chi connectivity index (χ1) is 15.5. The Hall–Kier alpha value is -3.17. The predicted molar refractivity (Wildman–Crippen MR) is 126 cm³/mol. The van der Waals surface area contributed by atoms with E-state index < -0.39 is 0 Å². The first-order valence-corrected chi connectivity index (χ1v) is 10.9. The van der Waals surface area contributed by atoms with Gasteiger partial charge >= 0.3 is 0 Å². The summed E-state index contributed by atoms with van der Waals surface area (Å²) in [7, 11) is 1.54. The van der Waals surface area contributed by atoms with E-state index in [9.17, 15) is 9.59 Å². The number of carbonyl (C=O) groups excluding carboxylic acids is 2. The molecule has 0 radical (unpaired) electrons. The van der Waals surface area contributed by atoms with Crippen LogP contribution >= 0.6 is 23.8 Å². The Kier molecular flexibility index (Phi) is 6.57. The maximum atomic E-state index is 12.5. The smallest absolute Gasteiger partial charge is 0.269 e. The molecule has 2 aromatic rings. The van der Waals surface area contributed by atoms with Crippen LogP contribution in [0.2, 0.25) is 5.02 Å². The van der Waals surface area contributed by atoms with Crippen LogP contribution in [-0.2, 0) is 4.79 Å². The molecule has 0 aliphatic carbocycles. The molecule has 2 aromatic carbocycles. The van der Waals surface area contributed by atoms with Gasteiger partial charge in [-0.3, -0.25) is 20.4 Å². The van der Waals surface area contributed by atoms with Crippen molar-refractivity contribution in [1.82, 2.24) is 20.8 Å². The zero-order valence-electron chi connectivity index (χ0n) is 17.4. The van der Waals surface area contributed by atoms with Crippen LogP contribution in [0, 0.1) is 0 Å². The Morgan fingerprint density at radius 3 is 2.69 bits per heavy atom. The summed E-state index contributed by atoms with van der Waals surface area (Å²) in [6, 6.07) is 13.9. The van der Waals surface area contributed by atoms with Crippen molar-refractivity contribution in [2.75, 3.05) is 20.2 Å². The minimum Gasteiger partial charge on any atom is -0.497 e. The molecule has 1 atom stereocenters. The summed E-state index contributed by atoms with van der Waals surface area (Å²) in [4.78, 5) is 26.7. The molecule has 2 N–H and O–H groups in total. The number of nitrogens with one attached hydrogen (secondary N) is 2. The van der Waals surface area contributed by atoms with Gasteiger partial charge in [-0.2, -0.15) is 5.10 Å². The van der Waals surface area contributed by atoms with Gasteiger partial charge in [0.2, 0.25) is 11.0 Å². The first-order valence-electron chi connectivity index (χ1n) is 10.1. The van der Waals surface area contributed by atoms with E-state index in [0.29, 0.717) is 35.8 Å². The lowest BCUT2D eigenvalue weighted by Gasteiger charge is -2.25. The van der Waals surface area contributed by atoms with Crippen LogP contribution in [0.1, 0.15) is 28.8 Å². The molecular weight excluding hydrogens is 450 g/mol. The molecule has 0 spiro atoms. The van der Waals surface area contributed by atoms with Crippen LogP contribution in [0.5, 0.6) is 5.75 Å². The number of hydrogen-bond donors (Lipinski definition) is 2. The second-order valence-electron chi connectivity index (χ2n) is 7.40. The monoisotopic (exact) mass is 471 g/mol. The molecule has 2 heterocycles. The molecule has 0 bridgehead atoms. The highest BCUT2D eigenvalue weighted by Crippen LogP contribution is 2.24. The Labute approximate surface area is 196 Å². The summed E-state index contributed by atoms with van der Waals surface area (Å²) in [6.07, 6.45) is 1.35. The summed E-state index contributed by atoms with van der Waals surface area (Å²) in [5.41, 5.74) is 7.36. The number of carbonyl (C=O) groups is 2. The standard InChI is InChI=1S/C22H22ClN5O3S/c1-31-17-5-2-4-15(12-17)21(30)24-25-22(32)28-13-18(27-11-3-6-19(27)29)20(26-28)14-7-9-16(23)10-8-14/h2,4-5,7-10,12,18H,3,6,11,13H2,1H3,(H,24,30)(H,25,32). The van der Waals surface area contributed by atoms with Crippen LogP contribution in [0.4, 0.5) is 0 Å². The van der Waals surface area contributed by atoms with Gasteiger partial charge in [-0.25, -0.2) is 5.01 Å². The van der Waals surface area contributed by atoms with E-state index in [4.69, 9.17) is 28.6 Å². The maximum Gasteiger partial charge on any atom is 0.269 e. The van der Waals surface area contributed by atoms with Crippen molar-refractivity contribution < 1.29 is 14.3 Å². The quantitative estimate of drug-likeness (QED) is 0.526. The summed E-state index contributed by atoms with van der Waals surface area (Å²) in [5.74, 6) is 0.317. The maximum absolute atomic E-state index is 12.5. The molecule has 10 heteroatoms. The van der Waals surface area contributed by atoms with Gasteiger partial charge < -0.3 is 9.64 Å². The van der Waals surface area contributed by atoms with Gasteiger partial charge in [0.25, 0.3) is 5.91 Å². The zero-order chi connectivity index (χ0) is 22.7. The number of benzene rings is 2. The number of rotatable bonds is 4. The average Bonchev–Trinajstić information content (AvgIpc) is 3.44. The Bertz CT molecular complexity index is 1080. The van der Waals surface area contributed by atoms with Crippen molar-refractivity contribution in [2.45, 2.75) is 18.9 Å². The van der Waals surface area contributed by atoms with E-state index in [1.54, 1.807) is 41.4 Å². The third kappa shape index (κ3) is 4.68. The number of hydrazone groups is 1. The Balaban J connectivity index is 1.48. The van der Waals surface area contributed by atoms with Gasteiger partial charge in [0.05, 0.1) is 25.4 Å². The molecule has 0 saturated carbocycles. The molecular formula is C22H22ClN5O3S. The van der Waals surface area contributed by atoms with E-state index in [-0.39, 0.29) is 23.0 Å². The molecule has 2 aliphatic rings. The Morgan fingerprint density at radius 2 is 2.00 bits per heavy atom. The number of hydrogen-bond acceptors (Lipinski definition) is 5. The van der Waals surface area contributed by atoms with Gasteiger partial charge in [0.1, 0.15) is 5.75 Å². The predicted octanol–water partition coefficient (Wildman–Crippen LogP) is 2.58. The third-order valence-electron chi connectivity index (χ3n) is 5.37. The molecule has 166 valence electrons. The first kappa shape index (κ1) is 22.0. The number of nitrogens with zero attached hydrogens (tertiary/aromatic N) is 3. The van der Waals surface area contributed by atoms with Crippen molar-refractivity contribution >= 4 is 46.5 Å². The number of hydrazine groups is 1. The molecule has 8 nitrogen and oxygen atoms in total. The van der Waals surface area contributed by atoms with Crippen molar-refractivity contribution in [3.63, 3.8) is 0 Å². The minimum atomic E-state index is -0.362. The topological polar surface area (TPSA) is 86.3 Å². The summed E-state index contributed by atoms with van der Waals surface area (Å²) < 4.78 is 5.15. The number of thiocarbonyl (C=S) groups is 1. The second-order valence-corrected chi connectivity index (χ2v) is 8.22. The van der Waals surface area contributed by atoms with Crippen molar-refractivity contribution in [2.24, 2.45) is 5.10 Å². The minimum absolute atomic E-state index is 0.101. The number of ether oxygens (including phenoxy) is 1.